The molecule has 0 spiro atoms. The zero-order valence-electron chi connectivity index (χ0n) is 15.6. The SMILES string of the molecule is COc1ccc(CNC(=O)NCC2(c3ccccc3C)CC2)cc1OC. The van der Waals surface area contributed by atoms with E-state index in [1.165, 1.54) is 11.1 Å². The summed E-state index contributed by atoms with van der Waals surface area (Å²) in [5.74, 6) is 1.33. The second-order valence-electron chi connectivity index (χ2n) is 6.82. The van der Waals surface area contributed by atoms with Gasteiger partial charge in [0.15, 0.2) is 11.5 Å². The van der Waals surface area contributed by atoms with Gasteiger partial charge in [0.1, 0.15) is 0 Å². The molecule has 138 valence electrons. The molecule has 1 aliphatic rings. The molecule has 0 heterocycles. The first-order chi connectivity index (χ1) is 12.6. The quantitative estimate of drug-likeness (QED) is 0.799. The molecular weight excluding hydrogens is 328 g/mol. The van der Waals surface area contributed by atoms with Gasteiger partial charge in [-0.15, -0.1) is 0 Å². The molecule has 0 unspecified atom stereocenters. The first-order valence-corrected chi connectivity index (χ1v) is 8.87. The van der Waals surface area contributed by atoms with Crippen molar-refractivity contribution in [3.8, 4) is 11.5 Å². The van der Waals surface area contributed by atoms with Crippen molar-refractivity contribution in [2.75, 3.05) is 20.8 Å². The van der Waals surface area contributed by atoms with Gasteiger partial charge in [-0.25, -0.2) is 4.79 Å². The molecule has 2 amide bonds. The molecule has 0 aromatic heterocycles. The van der Waals surface area contributed by atoms with Gasteiger partial charge < -0.3 is 20.1 Å². The smallest absolute Gasteiger partial charge is 0.315 e. The molecule has 1 aliphatic carbocycles. The molecule has 5 nitrogen and oxygen atoms in total. The number of methoxy groups -OCH3 is 2. The number of aryl methyl sites for hydroxylation is 1. The highest BCUT2D eigenvalue weighted by atomic mass is 16.5. The van der Waals surface area contributed by atoms with Crippen LogP contribution in [0.1, 0.15) is 29.5 Å². The molecular formula is C21H26N2O3. The van der Waals surface area contributed by atoms with Crippen LogP contribution in [0.25, 0.3) is 0 Å². The summed E-state index contributed by atoms with van der Waals surface area (Å²) < 4.78 is 10.5. The van der Waals surface area contributed by atoms with Gasteiger partial charge in [0.25, 0.3) is 0 Å². The van der Waals surface area contributed by atoms with Crippen molar-refractivity contribution in [3.05, 3.63) is 59.2 Å². The normalized spacial score (nSPS) is 14.4. The van der Waals surface area contributed by atoms with Crippen molar-refractivity contribution in [2.45, 2.75) is 31.7 Å². The zero-order chi connectivity index (χ0) is 18.6. The van der Waals surface area contributed by atoms with Crippen LogP contribution >= 0.6 is 0 Å². The van der Waals surface area contributed by atoms with Crippen LogP contribution in [0.3, 0.4) is 0 Å². The molecule has 2 aromatic rings. The van der Waals surface area contributed by atoms with Gasteiger partial charge in [0.05, 0.1) is 14.2 Å². The lowest BCUT2D eigenvalue weighted by atomic mass is 9.92. The molecule has 2 N–H and O–H groups in total. The van der Waals surface area contributed by atoms with Crippen LogP contribution in [0.5, 0.6) is 11.5 Å². The number of benzene rings is 2. The third-order valence-electron chi connectivity index (χ3n) is 5.06. The molecule has 0 atom stereocenters. The van der Waals surface area contributed by atoms with Crippen LogP contribution in [0, 0.1) is 6.92 Å². The highest BCUT2D eigenvalue weighted by molar-refractivity contribution is 5.74. The van der Waals surface area contributed by atoms with E-state index in [0.29, 0.717) is 24.6 Å². The lowest BCUT2D eigenvalue weighted by Crippen LogP contribution is -2.39. The van der Waals surface area contributed by atoms with Gasteiger partial charge in [-0.2, -0.15) is 0 Å². The number of urea groups is 1. The van der Waals surface area contributed by atoms with Crippen molar-refractivity contribution < 1.29 is 14.3 Å². The Kier molecular flexibility index (Phi) is 5.35. The van der Waals surface area contributed by atoms with Crippen LogP contribution < -0.4 is 20.1 Å². The van der Waals surface area contributed by atoms with E-state index in [4.69, 9.17) is 9.47 Å². The fraction of sp³-hybridized carbons (Fsp3) is 0.381. The van der Waals surface area contributed by atoms with Crippen molar-refractivity contribution in [1.29, 1.82) is 0 Å². The van der Waals surface area contributed by atoms with E-state index in [0.717, 1.165) is 18.4 Å². The van der Waals surface area contributed by atoms with E-state index in [-0.39, 0.29) is 11.4 Å². The Balaban J connectivity index is 1.53. The second-order valence-corrected chi connectivity index (χ2v) is 6.82. The van der Waals surface area contributed by atoms with E-state index >= 15 is 0 Å². The molecule has 26 heavy (non-hydrogen) atoms. The van der Waals surface area contributed by atoms with Crippen LogP contribution in [0.15, 0.2) is 42.5 Å². The summed E-state index contributed by atoms with van der Waals surface area (Å²) in [4.78, 5) is 12.2. The van der Waals surface area contributed by atoms with Crippen molar-refractivity contribution >= 4 is 6.03 Å². The van der Waals surface area contributed by atoms with Gasteiger partial charge in [-0.05, 0) is 48.6 Å². The summed E-state index contributed by atoms with van der Waals surface area (Å²) >= 11 is 0. The molecule has 5 heteroatoms. The van der Waals surface area contributed by atoms with Gasteiger partial charge in [0.2, 0.25) is 0 Å². The molecule has 0 saturated heterocycles. The Labute approximate surface area is 154 Å². The van der Waals surface area contributed by atoms with Crippen molar-refractivity contribution in [1.82, 2.24) is 10.6 Å². The molecule has 2 aromatic carbocycles. The number of rotatable bonds is 7. The summed E-state index contributed by atoms with van der Waals surface area (Å²) in [6.45, 7) is 3.23. The number of hydrogen-bond acceptors (Lipinski definition) is 3. The minimum absolute atomic E-state index is 0.103. The maximum atomic E-state index is 12.2. The summed E-state index contributed by atoms with van der Waals surface area (Å²) in [5, 5.41) is 5.93. The Hall–Kier alpha value is -2.69. The Morgan fingerprint density at radius 3 is 2.42 bits per heavy atom. The Morgan fingerprint density at radius 2 is 1.77 bits per heavy atom. The molecule has 3 rings (SSSR count). The van der Waals surface area contributed by atoms with E-state index in [2.05, 4.69) is 41.8 Å². The molecule has 0 bridgehead atoms. The number of hydrogen-bond donors (Lipinski definition) is 2. The largest absolute Gasteiger partial charge is 0.493 e. The summed E-state index contributed by atoms with van der Waals surface area (Å²) in [6, 6.07) is 13.9. The fourth-order valence-corrected chi connectivity index (χ4v) is 3.35. The Morgan fingerprint density at radius 1 is 1.04 bits per heavy atom. The number of carbonyl (C=O) groups excluding carboxylic acids is 1. The van der Waals surface area contributed by atoms with E-state index in [1.807, 2.05) is 18.2 Å². The monoisotopic (exact) mass is 354 g/mol. The predicted octanol–water partition coefficient (Wildman–Crippen LogP) is 3.54. The summed E-state index contributed by atoms with van der Waals surface area (Å²) in [6.07, 6.45) is 2.24. The second kappa shape index (κ2) is 7.68. The standard InChI is InChI=1S/C21H26N2O3/c1-15-6-4-5-7-17(15)21(10-11-21)14-23-20(24)22-13-16-8-9-18(25-2)19(12-16)26-3/h4-9,12H,10-11,13-14H2,1-3H3,(H2,22,23,24). The first kappa shape index (κ1) is 18.1. The van der Waals surface area contributed by atoms with E-state index in [1.54, 1.807) is 14.2 Å². The van der Waals surface area contributed by atoms with Gasteiger partial charge in [0, 0.05) is 18.5 Å². The average Bonchev–Trinajstić information content (AvgIpc) is 3.45. The van der Waals surface area contributed by atoms with Crippen LogP contribution in [0.2, 0.25) is 0 Å². The number of ether oxygens (including phenoxy) is 2. The van der Waals surface area contributed by atoms with Crippen molar-refractivity contribution in [3.63, 3.8) is 0 Å². The molecule has 1 fully saturated rings. The highest BCUT2D eigenvalue weighted by Crippen LogP contribution is 2.48. The number of amides is 2. The number of carbonyl (C=O) groups is 1. The fourth-order valence-electron chi connectivity index (χ4n) is 3.35. The van der Waals surface area contributed by atoms with Gasteiger partial charge in [-0.3, -0.25) is 0 Å². The van der Waals surface area contributed by atoms with Crippen LogP contribution in [-0.4, -0.2) is 26.8 Å². The molecule has 0 aliphatic heterocycles. The van der Waals surface area contributed by atoms with Crippen molar-refractivity contribution in [2.24, 2.45) is 0 Å². The summed E-state index contributed by atoms with van der Waals surface area (Å²) in [7, 11) is 3.20. The third kappa shape index (κ3) is 3.93. The lowest BCUT2D eigenvalue weighted by Gasteiger charge is -2.19. The van der Waals surface area contributed by atoms with Gasteiger partial charge >= 0.3 is 6.03 Å². The molecule has 1 saturated carbocycles. The lowest BCUT2D eigenvalue weighted by molar-refractivity contribution is 0.239. The predicted molar refractivity (Wildman–Crippen MR) is 102 cm³/mol. The maximum absolute atomic E-state index is 12.2. The minimum Gasteiger partial charge on any atom is -0.493 e. The number of nitrogens with one attached hydrogen (secondary N) is 2. The van der Waals surface area contributed by atoms with E-state index < -0.39 is 0 Å². The van der Waals surface area contributed by atoms with Gasteiger partial charge in [-0.1, -0.05) is 30.3 Å². The third-order valence-corrected chi connectivity index (χ3v) is 5.06. The maximum Gasteiger partial charge on any atom is 0.315 e. The minimum atomic E-state index is -0.153. The Bertz CT molecular complexity index is 785. The van der Waals surface area contributed by atoms with E-state index in [9.17, 15) is 4.79 Å². The topological polar surface area (TPSA) is 59.6 Å². The van der Waals surface area contributed by atoms with Crippen LogP contribution in [0.4, 0.5) is 4.79 Å². The molecule has 0 radical (unpaired) electrons. The summed E-state index contributed by atoms with van der Waals surface area (Å²) in [5.41, 5.74) is 3.70. The van der Waals surface area contributed by atoms with Crippen LogP contribution in [-0.2, 0) is 12.0 Å². The highest BCUT2D eigenvalue weighted by Gasteiger charge is 2.45. The first-order valence-electron chi connectivity index (χ1n) is 8.87. The zero-order valence-corrected chi connectivity index (χ0v) is 15.6. The average molecular weight is 354 g/mol.